The highest BCUT2D eigenvalue weighted by Crippen LogP contribution is 2.47. The second-order valence-corrected chi connectivity index (χ2v) is 9.17. The molecule has 2 unspecified atom stereocenters. The van der Waals surface area contributed by atoms with E-state index in [1.165, 1.54) is 19.2 Å². The smallest absolute Gasteiger partial charge is 0.335 e. The molecule has 2 aliphatic heterocycles. The monoisotopic (exact) mass is 494 g/mol. The van der Waals surface area contributed by atoms with Gasteiger partial charge in [0.15, 0.2) is 5.41 Å². The lowest BCUT2D eigenvalue weighted by Crippen LogP contribution is -2.72. The Kier molecular flexibility index (Phi) is 6.96. The summed E-state index contributed by atoms with van der Waals surface area (Å²) in [6, 6.07) is 9.75. The molecule has 36 heavy (non-hydrogen) atoms. The van der Waals surface area contributed by atoms with Crippen molar-refractivity contribution >= 4 is 34.9 Å². The zero-order valence-electron chi connectivity index (χ0n) is 20.7. The predicted octanol–water partition coefficient (Wildman–Crippen LogP) is 4.20. The molecule has 2 aromatic rings. The lowest BCUT2D eigenvalue weighted by atomic mass is 9.67. The number of carbonyl (C=O) groups is 3. The van der Waals surface area contributed by atoms with E-state index in [-0.39, 0.29) is 17.8 Å². The maximum absolute atomic E-state index is 14.3. The quantitative estimate of drug-likeness (QED) is 0.331. The van der Waals surface area contributed by atoms with Crippen LogP contribution in [0.3, 0.4) is 0 Å². The van der Waals surface area contributed by atoms with Gasteiger partial charge in [-0.15, -0.1) is 0 Å². The molecule has 0 aromatic heterocycles. The molecular weight excluding hydrogens is 464 g/mol. The Morgan fingerprint density at radius 1 is 1.14 bits per heavy atom. The number of anilines is 2. The zero-order chi connectivity index (χ0) is 26.0. The Hall–Kier alpha value is -3.95. The van der Waals surface area contributed by atoms with Crippen molar-refractivity contribution in [1.29, 1.82) is 0 Å². The summed E-state index contributed by atoms with van der Waals surface area (Å²) in [5.74, 6) is -0.853. The summed E-state index contributed by atoms with van der Waals surface area (Å²) in [6.07, 6.45) is 2.88. The van der Waals surface area contributed by atoms with Crippen LogP contribution >= 0.6 is 0 Å². The van der Waals surface area contributed by atoms with Crippen LogP contribution in [0, 0.1) is 15.5 Å². The van der Waals surface area contributed by atoms with Gasteiger partial charge < -0.3 is 9.64 Å². The molecule has 0 saturated carbocycles. The number of nitrogens with one attached hydrogen (secondary N) is 1. The first kappa shape index (κ1) is 25.2. The zero-order valence-corrected chi connectivity index (χ0v) is 20.7. The molecule has 10 nitrogen and oxygen atoms in total. The number of nitro groups is 1. The van der Waals surface area contributed by atoms with Crippen LogP contribution in [0.15, 0.2) is 42.5 Å². The van der Waals surface area contributed by atoms with E-state index in [2.05, 4.69) is 5.32 Å². The summed E-state index contributed by atoms with van der Waals surface area (Å²) in [5.41, 5.74) is -0.149. The molecular formula is C26H30N4O6. The molecule has 4 amide bonds. The van der Waals surface area contributed by atoms with Crippen LogP contribution in [-0.2, 0) is 16.0 Å². The van der Waals surface area contributed by atoms with E-state index in [0.717, 1.165) is 23.4 Å². The highest BCUT2D eigenvalue weighted by Gasteiger charge is 2.62. The molecule has 2 heterocycles. The number of fused-ring (bicyclic) bond motifs is 1. The molecule has 1 spiro atoms. The average molecular weight is 495 g/mol. The number of unbranched alkanes of at least 4 members (excludes halogenated alkanes) is 1. The van der Waals surface area contributed by atoms with Gasteiger partial charge in [0.05, 0.1) is 23.8 Å². The summed E-state index contributed by atoms with van der Waals surface area (Å²) in [6.45, 7) is 4.60. The first-order valence-corrected chi connectivity index (χ1v) is 12.2. The summed E-state index contributed by atoms with van der Waals surface area (Å²) >= 11 is 0. The van der Waals surface area contributed by atoms with Crippen LogP contribution in [0.2, 0.25) is 0 Å². The maximum Gasteiger partial charge on any atom is 0.335 e. The molecule has 1 fully saturated rings. The summed E-state index contributed by atoms with van der Waals surface area (Å²) in [4.78, 5) is 55.0. The molecule has 0 bridgehead atoms. The Morgan fingerprint density at radius 3 is 2.58 bits per heavy atom. The third kappa shape index (κ3) is 4.06. The van der Waals surface area contributed by atoms with E-state index in [1.807, 2.05) is 18.7 Å². The first-order valence-electron chi connectivity index (χ1n) is 12.2. The Labute approximate surface area is 209 Å². The average Bonchev–Trinajstić information content (AvgIpc) is 2.86. The van der Waals surface area contributed by atoms with Gasteiger partial charge in [0, 0.05) is 36.9 Å². The first-order chi connectivity index (χ1) is 17.3. The molecule has 0 radical (unpaired) electrons. The van der Waals surface area contributed by atoms with Crippen LogP contribution in [-0.4, -0.2) is 42.5 Å². The molecule has 4 rings (SSSR count). The van der Waals surface area contributed by atoms with Crippen molar-refractivity contribution in [2.45, 2.75) is 52.0 Å². The van der Waals surface area contributed by atoms with E-state index < -0.39 is 34.2 Å². The summed E-state index contributed by atoms with van der Waals surface area (Å²) < 4.78 is 5.27. The van der Waals surface area contributed by atoms with E-state index >= 15 is 0 Å². The number of non-ortho nitro benzene ring substituents is 1. The van der Waals surface area contributed by atoms with Gasteiger partial charge in [0.25, 0.3) is 11.6 Å². The number of hydrogen-bond donors (Lipinski definition) is 1. The number of urea groups is 1. The van der Waals surface area contributed by atoms with Crippen LogP contribution in [0.5, 0.6) is 5.75 Å². The van der Waals surface area contributed by atoms with Crippen molar-refractivity contribution < 1.29 is 24.0 Å². The fraction of sp³-hybridized carbons (Fsp3) is 0.423. The lowest BCUT2D eigenvalue weighted by Gasteiger charge is -2.52. The van der Waals surface area contributed by atoms with E-state index in [0.29, 0.717) is 30.7 Å². The lowest BCUT2D eigenvalue weighted by molar-refractivity contribution is -0.384. The normalized spacial score (nSPS) is 21.4. The number of benzene rings is 2. The Balaban J connectivity index is 1.91. The number of hydrogen-bond acceptors (Lipinski definition) is 7. The van der Waals surface area contributed by atoms with Crippen molar-refractivity contribution in [2.75, 3.05) is 23.5 Å². The molecule has 2 atom stereocenters. The Morgan fingerprint density at radius 2 is 1.92 bits per heavy atom. The van der Waals surface area contributed by atoms with Gasteiger partial charge >= 0.3 is 6.03 Å². The minimum Gasteiger partial charge on any atom is -0.497 e. The third-order valence-electron chi connectivity index (χ3n) is 7.04. The number of imide groups is 2. The van der Waals surface area contributed by atoms with Crippen molar-refractivity contribution in [3.63, 3.8) is 0 Å². The number of amides is 4. The predicted molar refractivity (Wildman–Crippen MR) is 134 cm³/mol. The standard InChI is InChI=1S/C26H30N4O6/c1-4-6-13-28-21-12-11-19(30(34)35)14-17(21)16-26(22(28)8-5-2)23(31)27-25(33)29(24(26)32)18-9-7-10-20(15-18)36-3/h7,9-12,14-15,22H,4-6,8,13,16H2,1-3H3,(H,27,31,33). The van der Waals surface area contributed by atoms with Gasteiger partial charge in [-0.25, -0.2) is 9.69 Å². The highest BCUT2D eigenvalue weighted by molar-refractivity contribution is 6.30. The van der Waals surface area contributed by atoms with Gasteiger partial charge in [0.2, 0.25) is 5.91 Å². The molecule has 10 heteroatoms. The number of nitrogens with zero attached hydrogens (tertiary/aromatic N) is 3. The number of barbiturate groups is 1. The van der Waals surface area contributed by atoms with Gasteiger partial charge in [-0.1, -0.05) is 32.8 Å². The van der Waals surface area contributed by atoms with Crippen molar-refractivity contribution in [3.05, 3.63) is 58.1 Å². The Bertz CT molecular complexity index is 1210. The van der Waals surface area contributed by atoms with Gasteiger partial charge in [-0.3, -0.25) is 25.0 Å². The minimum atomic E-state index is -1.64. The van der Waals surface area contributed by atoms with Crippen LogP contribution in [0.4, 0.5) is 21.9 Å². The van der Waals surface area contributed by atoms with Gasteiger partial charge in [-0.05, 0) is 36.6 Å². The number of rotatable bonds is 8. The molecule has 1 saturated heterocycles. The molecule has 2 aliphatic rings. The van der Waals surface area contributed by atoms with Crippen molar-refractivity contribution in [3.8, 4) is 5.75 Å². The maximum atomic E-state index is 14.3. The highest BCUT2D eigenvalue weighted by atomic mass is 16.6. The largest absolute Gasteiger partial charge is 0.497 e. The second-order valence-electron chi connectivity index (χ2n) is 9.17. The molecule has 2 aromatic carbocycles. The second kappa shape index (κ2) is 9.96. The van der Waals surface area contributed by atoms with E-state index in [1.54, 1.807) is 30.3 Å². The van der Waals surface area contributed by atoms with Gasteiger partial charge in [0.1, 0.15) is 5.75 Å². The van der Waals surface area contributed by atoms with E-state index in [4.69, 9.17) is 4.74 Å². The van der Waals surface area contributed by atoms with Gasteiger partial charge in [-0.2, -0.15) is 0 Å². The topological polar surface area (TPSA) is 122 Å². The van der Waals surface area contributed by atoms with Crippen LogP contribution in [0.1, 0.15) is 45.1 Å². The summed E-state index contributed by atoms with van der Waals surface area (Å²) in [5, 5.41) is 13.9. The number of carbonyl (C=O) groups excluding carboxylic acids is 3. The minimum absolute atomic E-state index is 0.0459. The van der Waals surface area contributed by atoms with Crippen LogP contribution < -0.4 is 19.9 Å². The van der Waals surface area contributed by atoms with Crippen molar-refractivity contribution in [2.24, 2.45) is 5.41 Å². The van der Waals surface area contributed by atoms with E-state index in [9.17, 15) is 24.5 Å². The summed E-state index contributed by atoms with van der Waals surface area (Å²) in [7, 11) is 1.48. The number of nitro benzene ring substituents is 1. The molecule has 1 N–H and O–H groups in total. The fourth-order valence-electron chi connectivity index (χ4n) is 5.33. The van der Waals surface area contributed by atoms with Crippen LogP contribution in [0.25, 0.3) is 0 Å². The number of methoxy groups -OCH3 is 1. The fourth-order valence-corrected chi connectivity index (χ4v) is 5.33. The van der Waals surface area contributed by atoms with Crippen molar-refractivity contribution in [1.82, 2.24) is 5.32 Å². The third-order valence-corrected chi connectivity index (χ3v) is 7.04. The molecule has 190 valence electrons. The SMILES string of the molecule is CCCCN1c2ccc([N+](=O)[O-])cc2CC2(C(=O)NC(=O)N(c3cccc(OC)c3)C2=O)C1CCC. The molecule has 0 aliphatic carbocycles. The number of ether oxygens (including phenoxy) is 1.